The van der Waals surface area contributed by atoms with Crippen LogP contribution in [0.5, 0.6) is 0 Å². The van der Waals surface area contributed by atoms with E-state index in [2.05, 4.69) is 5.10 Å². The SMILES string of the molecule is Cc1nn(-c2ccccc2)c(-c2ccccc2)c1C1C(=O)C(c2c(C)[nH][n+](-c3ccccc3)c2-c2ccccc2)C1=O. The van der Waals surface area contributed by atoms with E-state index in [1.165, 1.54) is 0 Å². The van der Waals surface area contributed by atoms with Crippen molar-refractivity contribution in [3.63, 3.8) is 0 Å². The van der Waals surface area contributed by atoms with Gasteiger partial charge in [0, 0.05) is 28.8 Å². The fourth-order valence-electron chi connectivity index (χ4n) is 6.19. The molecular weight excluding hydrogens is 520 g/mol. The maximum absolute atomic E-state index is 14.3. The van der Waals surface area contributed by atoms with Gasteiger partial charge in [0.15, 0.2) is 11.6 Å². The summed E-state index contributed by atoms with van der Waals surface area (Å²) in [6.07, 6.45) is 0. The minimum atomic E-state index is -0.884. The van der Waals surface area contributed by atoms with Crippen molar-refractivity contribution in [2.75, 3.05) is 0 Å². The summed E-state index contributed by atoms with van der Waals surface area (Å²) in [5, 5.41) is 8.30. The number of Topliss-reactive ketones (excluding diaryl/α,β-unsaturated/α-hetero) is 2. The monoisotopic (exact) mass is 549 g/mol. The number of aromatic nitrogens is 4. The van der Waals surface area contributed by atoms with Crippen LogP contribution in [0.1, 0.15) is 34.4 Å². The van der Waals surface area contributed by atoms with Gasteiger partial charge in [-0.15, -0.1) is 0 Å². The number of hydrogen-bond acceptors (Lipinski definition) is 3. The molecule has 0 saturated heterocycles. The van der Waals surface area contributed by atoms with Gasteiger partial charge in [0.2, 0.25) is 11.4 Å². The Bertz CT molecular complexity index is 1770. The molecule has 0 spiro atoms. The van der Waals surface area contributed by atoms with Crippen molar-refractivity contribution >= 4 is 11.6 Å². The fourth-order valence-corrected chi connectivity index (χ4v) is 6.19. The maximum Gasteiger partial charge on any atom is 0.249 e. The molecule has 0 aliphatic heterocycles. The second kappa shape index (κ2) is 10.2. The Hall–Kier alpha value is -5.36. The number of hydrogen-bond donors (Lipinski definition) is 1. The van der Waals surface area contributed by atoms with Crippen LogP contribution in [0, 0.1) is 13.8 Å². The molecule has 4 aromatic carbocycles. The van der Waals surface area contributed by atoms with Crippen molar-refractivity contribution in [1.82, 2.24) is 14.9 Å². The second-order valence-corrected chi connectivity index (χ2v) is 10.7. The van der Waals surface area contributed by atoms with E-state index >= 15 is 0 Å². The van der Waals surface area contributed by atoms with E-state index in [1.54, 1.807) is 0 Å². The number of benzene rings is 4. The number of nitrogens with zero attached hydrogens (tertiary/aromatic N) is 3. The van der Waals surface area contributed by atoms with Gasteiger partial charge in [-0.2, -0.15) is 10.2 Å². The lowest BCUT2D eigenvalue weighted by atomic mass is 9.64. The molecule has 1 aliphatic rings. The van der Waals surface area contributed by atoms with Gasteiger partial charge in [-0.1, -0.05) is 89.6 Å². The van der Waals surface area contributed by atoms with Crippen LogP contribution in [0.15, 0.2) is 121 Å². The molecular formula is C36H29N4O2+. The van der Waals surface area contributed by atoms with Crippen LogP contribution in [0.4, 0.5) is 0 Å². The zero-order chi connectivity index (χ0) is 28.8. The lowest BCUT2D eigenvalue weighted by molar-refractivity contribution is -0.645. The predicted molar refractivity (Wildman–Crippen MR) is 162 cm³/mol. The molecule has 2 heterocycles. The zero-order valence-corrected chi connectivity index (χ0v) is 23.4. The van der Waals surface area contributed by atoms with Crippen molar-refractivity contribution in [1.29, 1.82) is 0 Å². The van der Waals surface area contributed by atoms with E-state index in [1.807, 2.05) is 145 Å². The Kier molecular flexibility index (Phi) is 6.24. The van der Waals surface area contributed by atoms with Crippen LogP contribution in [-0.4, -0.2) is 26.4 Å². The first kappa shape index (κ1) is 25.6. The van der Waals surface area contributed by atoms with Crippen LogP contribution in [0.3, 0.4) is 0 Å². The predicted octanol–water partition coefficient (Wildman–Crippen LogP) is 6.45. The first-order valence-corrected chi connectivity index (χ1v) is 14.1. The van der Waals surface area contributed by atoms with Crippen LogP contribution in [0.2, 0.25) is 0 Å². The molecule has 42 heavy (non-hydrogen) atoms. The summed E-state index contributed by atoms with van der Waals surface area (Å²) in [7, 11) is 0. The first-order valence-electron chi connectivity index (χ1n) is 14.1. The van der Waals surface area contributed by atoms with Gasteiger partial charge in [0.25, 0.3) is 0 Å². The summed E-state index contributed by atoms with van der Waals surface area (Å²) >= 11 is 0. The molecule has 6 nitrogen and oxygen atoms in total. The summed E-state index contributed by atoms with van der Waals surface area (Å²) in [6, 6.07) is 39.6. The molecule has 0 unspecified atom stereocenters. The third-order valence-electron chi connectivity index (χ3n) is 8.09. The molecule has 7 rings (SSSR count). The number of H-pyrrole nitrogens is 1. The highest BCUT2D eigenvalue weighted by molar-refractivity contribution is 6.32. The summed E-state index contributed by atoms with van der Waals surface area (Å²) < 4.78 is 3.83. The van der Waals surface area contributed by atoms with E-state index in [0.29, 0.717) is 11.3 Å². The number of aryl methyl sites for hydroxylation is 2. The summed E-state index contributed by atoms with van der Waals surface area (Å²) in [5.74, 6) is -1.96. The number of ketones is 2. The molecule has 1 N–H and O–H groups in total. The van der Waals surface area contributed by atoms with Gasteiger partial charge in [-0.25, -0.2) is 4.68 Å². The highest BCUT2D eigenvalue weighted by Gasteiger charge is 2.55. The standard InChI is InChI=1S/C36H28N4O2/c1-23-29(33(25-15-7-3-8-16-25)39(37-23)27-19-11-5-12-20-27)31-35(41)32(36(31)42)30-24(2)38-40(28-21-13-6-14-22-28)34(30)26-17-9-4-10-18-26/h3-22,31-32H,1-2H3/p+1. The summed E-state index contributed by atoms with van der Waals surface area (Å²) in [4.78, 5) is 28.5. The number of para-hydroxylation sites is 2. The van der Waals surface area contributed by atoms with Crippen molar-refractivity contribution in [2.45, 2.75) is 25.7 Å². The third kappa shape index (κ3) is 4.03. The Labute approximate surface area is 243 Å². The minimum absolute atomic E-state index is 0.104. The molecule has 204 valence electrons. The van der Waals surface area contributed by atoms with Gasteiger partial charge in [0.1, 0.15) is 11.8 Å². The molecule has 1 fully saturated rings. The molecule has 6 heteroatoms. The Morgan fingerprint density at radius 3 is 1.74 bits per heavy atom. The van der Waals surface area contributed by atoms with Crippen molar-refractivity contribution in [2.24, 2.45) is 0 Å². The quantitative estimate of drug-likeness (QED) is 0.192. The molecule has 0 bridgehead atoms. The van der Waals surface area contributed by atoms with Crippen LogP contribution in [-0.2, 0) is 9.59 Å². The highest BCUT2D eigenvalue weighted by Crippen LogP contribution is 2.48. The molecule has 0 amide bonds. The van der Waals surface area contributed by atoms with E-state index in [4.69, 9.17) is 5.10 Å². The average Bonchev–Trinajstić information content (AvgIpc) is 3.55. The molecule has 1 saturated carbocycles. The van der Waals surface area contributed by atoms with E-state index in [-0.39, 0.29) is 11.6 Å². The van der Waals surface area contributed by atoms with Gasteiger partial charge < -0.3 is 0 Å². The van der Waals surface area contributed by atoms with Gasteiger partial charge in [0.05, 0.1) is 28.3 Å². The van der Waals surface area contributed by atoms with Crippen LogP contribution < -0.4 is 4.68 Å². The van der Waals surface area contributed by atoms with Gasteiger partial charge in [-0.05, 0) is 38.1 Å². The third-order valence-corrected chi connectivity index (χ3v) is 8.09. The number of carbonyl (C=O) groups excluding carboxylic acids is 2. The van der Waals surface area contributed by atoms with Crippen molar-refractivity contribution in [3.05, 3.63) is 144 Å². The van der Waals surface area contributed by atoms with E-state index in [9.17, 15) is 9.59 Å². The largest absolute Gasteiger partial charge is 0.297 e. The van der Waals surface area contributed by atoms with Gasteiger partial charge in [-0.3, -0.25) is 9.59 Å². The molecule has 0 radical (unpaired) electrons. The van der Waals surface area contributed by atoms with Crippen LogP contribution in [0.25, 0.3) is 33.9 Å². The number of rotatable bonds is 6. The van der Waals surface area contributed by atoms with Crippen molar-refractivity contribution in [3.8, 4) is 33.9 Å². The Balaban J connectivity index is 1.37. The number of aromatic amines is 1. The maximum atomic E-state index is 14.3. The second-order valence-electron chi connectivity index (χ2n) is 10.7. The normalized spacial score (nSPS) is 16.4. The lowest BCUT2D eigenvalue weighted by Crippen LogP contribution is -2.45. The number of nitrogens with one attached hydrogen (secondary N) is 1. The Morgan fingerprint density at radius 2 is 1.14 bits per heavy atom. The van der Waals surface area contributed by atoms with Gasteiger partial charge >= 0.3 is 0 Å². The van der Waals surface area contributed by atoms with E-state index < -0.39 is 11.8 Å². The first-order chi connectivity index (χ1) is 20.5. The zero-order valence-electron chi connectivity index (χ0n) is 23.4. The van der Waals surface area contributed by atoms with E-state index in [0.717, 1.165) is 45.1 Å². The molecule has 0 atom stereocenters. The molecule has 2 aromatic heterocycles. The van der Waals surface area contributed by atoms with Crippen molar-refractivity contribution < 1.29 is 14.3 Å². The van der Waals surface area contributed by atoms with Crippen LogP contribution >= 0.6 is 0 Å². The minimum Gasteiger partial charge on any atom is -0.297 e. The topological polar surface area (TPSA) is 71.6 Å². The number of carbonyl (C=O) groups is 2. The molecule has 6 aromatic rings. The smallest absolute Gasteiger partial charge is 0.249 e. The lowest BCUT2D eigenvalue weighted by Gasteiger charge is -2.32. The molecule has 1 aliphatic carbocycles. The summed E-state index contributed by atoms with van der Waals surface area (Å²) in [5.41, 5.74) is 8.12. The Morgan fingerprint density at radius 1 is 0.643 bits per heavy atom. The summed E-state index contributed by atoms with van der Waals surface area (Å²) in [6.45, 7) is 3.82. The fraction of sp³-hybridized carbons (Fsp3) is 0.111. The highest BCUT2D eigenvalue weighted by atomic mass is 16.2. The average molecular weight is 550 g/mol.